The zero-order valence-electron chi connectivity index (χ0n) is 8.82. The molecule has 0 aromatic heterocycles. The van der Waals surface area contributed by atoms with Crippen molar-refractivity contribution in [2.24, 2.45) is 0 Å². The minimum absolute atomic E-state index is 0.236. The second kappa shape index (κ2) is 3.23. The maximum Gasteiger partial charge on any atom is 0.338 e. The van der Waals surface area contributed by atoms with Crippen LogP contribution in [0.1, 0.15) is 15.9 Å². The molecule has 0 N–H and O–H groups in total. The Labute approximate surface area is 92.6 Å². The summed E-state index contributed by atoms with van der Waals surface area (Å²) in [4.78, 5) is 11.4. The lowest BCUT2D eigenvalue weighted by molar-refractivity contribution is 0.0535. The van der Waals surface area contributed by atoms with Crippen molar-refractivity contribution in [1.29, 1.82) is 0 Å². The summed E-state index contributed by atoms with van der Waals surface area (Å²) in [6.07, 6.45) is 0. The SMILES string of the molecule is COc1ccc2cc3c(cc2c1)C(=O)OC3. The van der Waals surface area contributed by atoms with E-state index >= 15 is 0 Å². The number of carbonyl (C=O) groups is 1. The van der Waals surface area contributed by atoms with E-state index in [4.69, 9.17) is 9.47 Å². The Morgan fingerprint density at radius 2 is 2.06 bits per heavy atom. The van der Waals surface area contributed by atoms with Crippen molar-refractivity contribution in [2.75, 3.05) is 7.11 Å². The Morgan fingerprint density at radius 3 is 2.88 bits per heavy atom. The molecule has 0 amide bonds. The quantitative estimate of drug-likeness (QED) is 0.684. The molecule has 16 heavy (non-hydrogen) atoms. The molecule has 0 fully saturated rings. The third-order valence-electron chi connectivity index (χ3n) is 2.85. The van der Waals surface area contributed by atoms with Crippen LogP contribution in [-0.2, 0) is 11.3 Å². The van der Waals surface area contributed by atoms with E-state index in [1.807, 2.05) is 30.3 Å². The molecule has 3 nitrogen and oxygen atoms in total. The molecule has 1 aliphatic heterocycles. The molecule has 0 radical (unpaired) electrons. The first-order valence-electron chi connectivity index (χ1n) is 5.06. The van der Waals surface area contributed by atoms with Crippen LogP contribution in [0.3, 0.4) is 0 Å². The van der Waals surface area contributed by atoms with Gasteiger partial charge in [0.1, 0.15) is 12.4 Å². The van der Waals surface area contributed by atoms with Gasteiger partial charge in [0.05, 0.1) is 12.7 Å². The summed E-state index contributed by atoms with van der Waals surface area (Å²) >= 11 is 0. The van der Waals surface area contributed by atoms with Crippen LogP contribution in [0.4, 0.5) is 0 Å². The number of rotatable bonds is 1. The van der Waals surface area contributed by atoms with E-state index in [0.29, 0.717) is 12.2 Å². The van der Waals surface area contributed by atoms with Gasteiger partial charge in [-0.15, -0.1) is 0 Å². The Morgan fingerprint density at radius 1 is 1.19 bits per heavy atom. The van der Waals surface area contributed by atoms with Crippen LogP contribution < -0.4 is 4.74 Å². The molecule has 0 atom stereocenters. The van der Waals surface area contributed by atoms with Crippen molar-refractivity contribution in [2.45, 2.75) is 6.61 Å². The molecule has 3 rings (SSSR count). The van der Waals surface area contributed by atoms with Crippen LogP contribution in [0.15, 0.2) is 30.3 Å². The maximum absolute atomic E-state index is 11.4. The minimum Gasteiger partial charge on any atom is -0.497 e. The normalized spacial score (nSPS) is 13.7. The molecule has 0 saturated carbocycles. The Hall–Kier alpha value is -2.03. The van der Waals surface area contributed by atoms with Gasteiger partial charge in [-0.05, 0) is 35.0 Å². The Balaban J connectivity index is 2.27. The predicted octanol–water partition coefficient (Wildman–Crippen LogP) is 2.52. The third-order valence-corrected chi connectivity index (χ3v) is 2.85. The van der Waals surface area contributed by atoms with Crippen LogP contribution in [0.25, 0.3) is 10.8 Å². The van der Waals surface area contributed by atoms with E-state index in [9.17, 15) is 4.79 Å². The van der Waals surface area contributed by atoms with Gasteiger partial charge in [0.15, 0.2) is 0 Å². The number of fused-ring (bicyclic) bond motifs is 2. The highest BCUT2D eigenvalue weighted by molar-refractivity contribution is 5.99. The van der Waals surface area contributed by atoms with E-state index in [1.54, 1.807) is 7.11 Å². The molecule has 0 saturated heterocycles. The van der Waals surface area contributed by atoms with Gasteiger partial charge < -0.3 is 9.47 Å². The van der Waals surface area contributed by atoms with Crippen molar-refractivity contribution in [3.05, 3.63) is 41.5 Å². The first-order chi connectivity index (χ1) is 7.78. The molecule has 0 bridgehead atoms. The zero-order valence-corrected chi connectivity index (χ0v) is 8.82. The van der Waals surface area contributed by atoms with Gasteiger partial charge in [0.2, 0.25) is 0 Å². The number of carbonyl (C=O) groups excluding carboxylic acids is 1. The van der Waals surface area contributed by atoms with Crippen LogP contribution in [0.5, 0.6) is 5.75 Å². The van der Waals surface area contributed by atoms with Gasteiger partial charge in [-0.3, -0.25) is 0 Å². The molecule has 0 spiro atoms. The summed E-state index contributed by atoms with van der Waals surface area (Å²) in [5.41, 5.74) is 1.63. The monoisotopic (exact) mass is 214 g/mol. The van der Waals surface area contributed by atoms with Crippen molar-refractivity contribution >= 4 is 16.7 Å². The van der Waals surface area contributed by atoms with Gasteiger partial charge >= 0.3 is 5.97 Å². The van der Waals surface area contributed by atoms with Gasteiger partial charge in [-0.1, -0.05) is 6.07 Å². The molecule has 0 unspecified atom stereocenters. The van der Waals surface area contributed by atoms with Crippen LogP contribution in [0.2, 0.25) is 0 Å². The van der Waals surface area contributed by atoms with Crippen LogP contribution >= 0.6 is 0 Å². The first-order valence-corrected chi connectivity index (χ1v) is 5.06. The lowest BCUT2D eigenvalue weighted by Crippen LogP contribution is -1.93. The fourth-order valence-electron chi connectivity index (χ4n) is 1.98. The summed E-state index contributed by atoms with van der Waals surface area (Å²) in [6, 6.07) is 9.67. The molecule has 2 aromatic carbocycles. The Kier molecular flexibility index (Phi) is 1.86. The third kappa shape index (κ3) is 1.25. The highest BCUT2D eigenvalue weighted by Gasteiger charge is 2.21. The number of hydrogen-bond acceptors (Lipinski definition) is 3. The molecule has 2 aromatic rings. The number of ether oxygens (including phenoxy) is 2. The summed E-state index contributed by atoms with van der Waals surface area (Å²) in [6.45, 7) is 0.385. The second-order valence-electron chi connectivity index (χ2n) is 3.80. The largest absolute Gasteiger partial charge is 0.497 e. The standard InChI is InChI=1S/C13H10O3/c1-15-11-3-2-8-4-10-7-16-13(14)12(10)6-9(8)5-11/h2-6H,7H2,1H3. The number of hydrogen-bond donors (Lipinski definition) is 0. The topological polar surface area (TPSA) is 35.5 Å². The fourth-order valence-corrected chi connectivity index (χ4v) is 1.98. The highest BCUT2D eigenvalue weighted by atomic mass is 16.5. The van der Waals surface area contributed by atoms with Gasteiger partial charge in [-0.25, -0.2) is 4.79 Å². The number of esters is 1. The predicted molar refractivity (Wildman–Crippen MR) is 59.6 cm³/mol. The summed E-state index contributed by atoms with van der Waals surface area (Å²) in [5, 5.41) is 2.09. The van der Waals surface area contributed by atoms with E-state index in [2.05, 4.69) is 0 Å². The lowest BCUT2D eigenvalue weighted by Gasteiger charge is -2.03. The lowest BCUT2D eigenvalue weighted by atomic mass is 10.0. The molecular formula is C13H10O3. The van der Waals surface area contributed by atoms with Crippen molar-refractivity contribution < 1.29 is 14.3 Å². The van der Waals surface area contributed by atoms with Gasteiger partial charge in [0, 0.05) is 5.56 Å². The molecule has 1 heterocycles. The molecule has 0 aliphatic carbocycles. The average molecular weight is 214 g/mol. The van der Waals surface area contributed by atoms with Crippen molar-refractivity contribution in [3.63, 3.8) is 0 Å². The summed E-state index contributed by atoms with van der Waals surface area (Å²) < 4.78 is 10.1. The second-order valence-corrected chi connectivity index (χ2v) is 3.80. The zero-order chi connectivity index (χ0) is 11.1. The van der Waals surface area contributed by atoms with E-state index in [0.717, 1.165) is 22.1 Å². The van der Waals surface area contributed by atoms with Crippen molar-refractivity contribution in [1.82, 2.24) is 0 Å². The number of methoxy groups -OCH3 is 1. The van der Waals surface area contributed by atoms with Gasteiger partial charge in [0.25, 0.3) is 0 Å². The summed E-state index contributed by atoms with van der Waals surface area (Å²) in [5.74, 6) is 0.554. The van der Waals surface area contributed by atoms with E-state index in [-0.39, 0.29) is 5.97 Å². The minimum atomic E-state index is -0.236. The number of cyclic esters (lactones) is 1. The number of benzene rings is 2. The molecule has 1 aliphatic rings. The van der Waals surface area contributed by atoms with Crippen LogP contribution in [-0.4, -0.2) is 13.1 Å². The van der Waals surface area contributed by atoms with Crippen molar-refractivity contribution in [3.8, 4) is 5.75 Å². The smallest absolute Gasteiger partial charge is 0.338 e. The Bertz CT molecular complexity index is 587. The maximum atomic E-state index is 11.4. The fraction of sp³-hybridized carbons (Fsp3) is 0.154. The van der Waals surface area contributed by atoms with E-state index < -0.39 is 0 Å². The van der Waals surface area contributed by atoms with Crippen LogP contribution in [0, 0.1) is 0 Å². The highest BCUT2D eigenvalue weighted by Crippen LogP contribution is 2.28. The van der Waals surface area contributed by atoms with E-state index in [1.165, 1.54) is 0 Å². The molecule has 3 heteroatoms. The molecular weight excluding hydrogens is 204 g/mol. The average Bonchev–Trinajstić information content (AvgIpc) is 2.67. The summed E-state index contributed by atoms with van der Waals surface area (Å²) in [7, 11) is 1.63. The van der Waals surface area contributed by atoms with Gasteiger partial charge in [-0.2, -0.15) is 0 Å². The first kappa shape index (κ1) is 9.21. The molecule has 80 valence electrons.